The van der Waals surface area contributed by atoms with Gasteiger partial charge in [0.2, 0.25) is 0 Å². The smallest absolute Gasteiger partial charge is 0.295 e. The number of hydrogen-bond donors (Lipinski definition) is 1. The summed E-state index contributed by atoms with van der Waals surface area (Å²) in [5.41, 5.74) is 0.479. The number of aliphatic hydroxyl groups excluding tert-OH is 1. The Kier molecular flexibility index (Phi) is 5.98. The molecule has 1 heterocycles. The van der Waals surface area contributed by atoms with Gasteiger partial charge in [-0.05, 0) is 36.2 Å². The normalized spacial score (nSPS) is 18.3. The number of amides is 1. The van der Waals surface area contributed by atoms with Crippen LogP contribution < -0.4 is 0 Å². The van der Waals surface area contributed by atoms with Gasteiger partial charge in [-0.15, -0.1) is 0 Å². The molecule has 1 aliphatic rings. The first-order valence-electron chi connectivity index (χ1n) is 9.13. The molecule has 8 heteroatoms. The van der Waals surface area contributed by atoms with Gasteiger partial charge >= 0.3 is 0 Å². The first-order valence-corrected chi connectivity index (χ1v) is 9.51. The van der Waals surface area contributed by atoms with Crippen molar-refractivity contribution in [2.24, 2.45) is 0 Å². The Morgan fingerprint density at radius 3 is 2.52 bits per heavy atom. The zero-order chi connectivity index (χ0) is 21.1. The summed E-state index contributed by atoms with van der Waals surface area (Å²) in [6.45, 7) is 2.25. The van der Waals surface area contributed by atoms with E-state index in [2.05, 4.69) is 0 Å². The van der Waals surface area contributed by atoms with E-state index in [1.807, 2.05) is 6.92 Å². The molecule has 1 aliphatic heterocycles. The third kappa shape index (κ3) is 4.00. The Hall–Kier alpha value is -3.19. The molecule has 29 heavy (non-hydrogen) atoms. The summed E-state index contributed by atoms with van der Waals surface area (Å²) in [6, 6.07) is 11.1. The zero-order valence-corrected chi connectivity index (χ0v) is 16.4. The van der Waals surface area contributed by atoms with Gasteiger partial charge in [-0.25, -0.2) is 0 Å². The summed E-state index contributed by atoms with van der Waals surface area (Å²) in [5, 5.41) is 22.5. The molecule has 0 spiro atoms. The van der Waals surface area contributed by atoms with Crippen LogP contribution in [0.25, 0.3) is 5.76 Å². The molecule has 2 aromatic rings. The molecular weight excluding hydrogens is 396 g/mol. The maximum Gasteiger partial charge on any atom is 0.295 e. The van der Waals surface area contributed by atoms with Gasteiger partial charge < -0.3 is 10.0 Å². The van der Waals surface area contributed by atoms with E-state index in [4.69, 9.17) is 11.6 Å². The molecule has 1 amide bonds. The summed E-state index contributed by atoms with van der Waals surface area (Å²) in [6.07, 6.45) is 1.45. The van der Waals surface area contributed by atoms with Crippen molar-refractivity contribution < 1.29 is 19.6 Å². The quantitative estimate of drug-likeness (QED) is 0.247. The zero-order valence-electron chi connectivity index (χ0n) is 15.7. The number of Topliss-reactive ketones (excluding diaryl/α,β-unsaturated/α-hetero) is 1. The lowest BCUT2D eigenvalue weighted by Gasteiger charge is -2.25. The van der Waals surface area contributed by atoms with Crippen molar-refractivity contribution in [3.63, 3.8) is 0 Å². The third-order valence-corrected chi connectivity index (χ3v) is 5.06. The van der Waals surface area contributed by atoms with Crippen molar-refractivity contribution in [1.29, 1.82) is 0 Å². The fourth-order valence-corrected chi connectivity index (χ4v) is 3.48. The van der Waals surface area contributed by atoms with E-state index in [9.17, 15) is 24.8 Å². The number of unbranched alkanes of at least 4 members (excludes halogenated alkanes) is 1. The number of nitrogens with zero attached hydrogens (tertiary/aromatic N) is 2. The standard InChI is InChI=1S/C21H19ClN2O5/c1-2-3-11-23-18(14-5-4-6-16(12-14)24(28)29)17(20(26)21(23)27)19(25)13-7-9-15(22)10-8-13/h4-10,12,18,25H,2-3,11H2,1H3/b19-17-. The minimum absolute atomic E-state index is 0.0890. The molecule has 3 rings (SSSR count). The van der Waals surface area contributed by atoms with Gasteiger partial charge in [0.15, 0.2) is 0 Å². The van der Waals surface area contributed by atoms with E-state index in [1.165, 1.54) is 23.1 Å². The molecule has 2 aromatic carbocycles. The summed E-state index contributed by atoms with van der Waals surface area (Å²) in [7, 11) is 0. The van der Waals surface area contributed by atoms with Crippen LogP contribution in [0.1, 0.15) is 36.9 Å². The van der Waals surface area contributed by atoms with E-state index in [1.54, 1.807) is 30.3 Å². The second-order valence-corrected chi connectivity index (χ2v) is 7.14. The SMILES string of the molecule is CCCCN1C(=O)C(=O)/C(=C(\O)c2ccc(Cl)cc2)C1c1cccc([N+](=O)[O-])c1. The van der Waals surface area contributed by atoms with Crippen LogP contribution in [-0.2, 0) is 9.59 Å². The fourth-order valence-electron chi connectivity index (χ4n) is 3.36. The van der Waals surface area contributed by atoms with Crippen molar-refractivity contribution in [2.75, 3.05) is 6.54 Å². The number of halogens is 1. The molecule has 0 bridgehead atoms. The van der Waals surface area contributed by atoms with Crippen LogP contribution in [0, 0.1) is 10.1 Å². The fraction of sp³-hybridized carbons (Fsp3) is 0.238. The first kappa shape index (κ1) is 20.5. The van der Waals surface area contributed by atoms with E-state index < -0.39 is 22.7 Å². The first-order chi connectivity index (χ1) is 13.8. The van der Waals surface area contributed by atoms with Crippen molar-refractivity contribution in [1.82, 2.24) is 4.90 Å². The Morgan fingerprint density at radius 1 is 1.21 bits per heavy atom. The maximum atomic E-state index is 12.8. The van der Waals surface area contributed by atoms with Crippen LogP contribution in [-0.4, -0.2) is 33.2 Å². The van der Waals surface area contributed by atoms with E-state index in [0.717, 1.165) is 6.42 Å². The van der Waals surface area contributed by atoms with Crippen molar-refractivity contribution in [3.05, 3.63) is 80.4 Å². The van der Waals surface area contributed by atoms with Gasteiger partial charge in [0, 0.05) is 29.3 Å². The van der Waals surface area contributed by atoms with Gasteiger partial charge in [0.1, 0.15) is 5.76 Å². The number of carbonyl (C=O) groups excluding carboxylic acids is 2. The number of nitro benzene ring substituents is 1. The van der Waals surface area contributed by atoms with Crippen LogP contribution in [0.3, 0.4) is 0 Å². The van der Waals surface area contributed by atoms with Gasteiger partial charge in [0.05, 0.1) is 16.5 Å². The highest BCUT2D eigenvalue weighted by Crippen LogP contribution is 2.40. The number of benzene rings is 2. The number of nitro groups is 1. The molecule has 7 nitrogen and oxygen atoms in total. The highest BCUT2D eigenvalue weighted by Gasteiger charge is 2.46. The van der Waals surface area contributed by atoms with E-state index in [0.29, 0.717) is 29.1 Å². The average Bonchev–Trinajstić information content (AvgIpc) is 2.97. The number of carbonyl (C=O) groups is 2. The summed E-state index contributed by atoms with van der Waals surface area (Å²) in [5.74, 6) is -1.88. The molecule has 1 fully saturated rings. The summed E-state index contributed by atoms with van der Waals surface area (Å²) < 4.78 is 0. The third-order valence-electron chi connectivity index (χ3n) is 4.81. The topological polar surface area (TPSA) is 101 Å². The van der Waals surface area contributed by atoms with Crippen LogP contribution in [0.4, 0.5) is 5.69 Å². The molecule has 0 saturated carbocycles. The number of likely N-dealkylation sites (tertiary alicyclic amines) is 1. The Bertz CT molecular complexity index is 1000. The van der Waals surface area contributed by atoms with Crippen LogP contribution in [0.2, 0.25) is 5.02 Å². The molecule has 1 N–H and O–H groups in total. The molecule has 150 valence electrons. The van der Waals surface area contributed by atoms with Crippen molar-refractivity contribution in [2.45, 2.75) is 25.8 Å². The highest BCUT2D eigenvalue weighted by atomic mass is 35.5. The molecule has 1 saturated heterocycles. The van der Waals surface area contributed by atoms with Gasteiger partial charge in [-0.2, -0.15) is 0 Å². The lowest BCUT2D eigenvalue weighted by molar-refractivity contribution is -0.384. The molecule has 1 unspecified atom stereocenters. The number of hydrogen-bond acceptors (Lipinski definition) is 5. The molecule has 0 aromatic heterocycles. The van der Waals surface area contributed by atoms with Crippen molar-refractivity contribution >= 4 is 34.7 Å². The number of non-ortho nitro benzene ring substituents is 1. The number of rotatable bonds is 6. The highest BCUT2D eigenvalue weighted by molar-refractivity contribution is 6.46. The minimum atomic E-state index is -0.905. The summed E-state index contributed by atoms with van der Waals surface area (Å²) in [4.78, 5) is 37.5. The maximum absolute atomic E-state index is 12.8. The van der Waals surface area contributed by atoms with Gasteiger partial charge in [0.25, 0.3) is 17.4 Å². The number of aliphatic hydroxyl groups is 1. The van der Waals surface area contributed by atoms with E-state index in [-0.39, 0.29) is 17.0 Å². The molecule has 0 radical (unpaired) electrons. The monoisotopic (exact) mass is 414 g/mol. The predicted molar refractivity (Wildman–Crippen MR) is 108 cm³/mol. The Balaban J connectivity index is 2.18. The Morgan fingerprint density at radius 2 is 1.90 bits per heavy atom. The van der Waals surface area contributed by atoms with Gasteiger partial charge in [-0.1, -0.05) is 37.1 Å². The Labute approximate surface area is 172 Å². The lowest BCUT2D eigenvalue weighted by Crippen LogP contribution is -2.30. The minimum Gasteiger partial charge on any atom is -0.507 e. The average molecular weight is 415 g/mol. The largest absolute Gasteiger partial charge is 0.507 e. The molecular formula is C21H19ClN2O5. The molecule has 1 atom stereocenters. The van der Waals surface area contributed by atoms with Crippen LogP contribution >= 0.6 is 11.6 Å². The second kappa shape index (κ2) is 8.45. The van der Waals surface area contributed by atoms with Crippen molar-refractivity contribution in [3.8, 4) is 0 Å². The second-order valence-electron chi connectivity index (χ2n) is 6.71. The van der Waals surface area contributed by atoms with Crippen LogP contribution in [0.5, 0.6) is 0 Å². The van der Waals surface area contributed by atoms with Crippen LogP contribution in [0.15, 0.2) is 54.1 Å². The number of ketones is 1. The van der Waals surface area contributed by atoms with E-state index >= 15 is 0 Å². The van der Waals surface area contributed by atoms with Gasteiger partial charge in [-0.3, -0.25) is 19.7 Å². The lowest BCUT2D eigenvalue weighted by atomic mass is 9.95. The summed E-state index contributed by atoms with van der Waals surface area (Å²) >= 11 is 5.89. The molecule has 0 aliphatic carbocycles. The predicted octanol–water partition coefficient (Wildman–Crippen LogP) is 4.47.